The molecule has 5 aromatic rings. The van der Waals surface area contributed by atoms with E-state index in [0.29, 0.717) is 30.0 Å². The monoisotopic (exact) mass is 548 g/mol. The Morgan fingerprint density at radius 2 is 1.44 bits per heavy atom. The standard InChI is InChI=1S/C33H36N6O2/c1-20(33(41)39(5)19-28-22(3)37-30-13-9-7-11-25(28)30)26-16-23(17-35-32(26)34)14-15-31(40)38(4)18-27-21(2)36-29-12-8-6-10-24(27)29/h6-17,20,36-37H,18-19H2,1-5H3,(H2,34,35). The normalized spacial score (nSPS) is 12.3. The maximum Gasteiger partial charge on any atom is 0.246 e. The van der Waals surface area contributed by atoms with E-state index in [1.54, 1.807) is 36.2 Å². The highest BCUT2D eigenvalue weighted by Gasteiger charge is 2.23. The van der Waals surface area contributed by atoms with Gasteiger partial charge in [-0.25, -0.2) is 4.98 Å². The Bertz CT molecular complexity index is 1780. The summed E-state index contributed by atoms with van der Waals surface area (Å²) in [5.74, 6) is -0.396. The van der Waals surface area contributed by atoms with Crippen LogP contribution in [0.4, 0.5) is 5.82 Å². The number of nitrogens with one attached hydrogen (secondary N) is 2. The van der Waals surface area contributed by atoms with Crippen LogP contribution in [0.1, 0.15) is 46.5 Å². The van der Waals surface area contributed by atoms with Crippen LogP contribution in [0.25, 0.3) is 27.9 Å². The molecule has 0 aliphatic heterocycles. The van der Waals surface area contributed by atoms with Gasteiger partial charge in [0.05, 0.1) is 5.92 Å². The number of carbonyl (C=O) groups is 2. The van der Waals surface area contributed by atoms with Crippen molar-refractivity contribution in [2.24, 2.45) is 0 Å². The predicted molar refractivity (Wildman–Crippen MR) is 165 cm³/mol. The Morgan fingerprint density at radius 1 is 0.902 bits per heavy atom. The van der Waals surface area contributed by atoms with Crippen LogP contribution in [0.15, 0.2) is 66.9 Å². The molecule has 4 N–H and O–H groups in total. The summed E-state index contributed by atoms with van der Waals surface area (Å²) in [6.07, 6.45) is 4.86. The van der Waals surface area contributed by atoms with E-state index in [-0.39, 0.29) is 11.8 Å². The highest BCUT2D eigenvalue weighted by atomic mass is 16.2. The molecule has 41 heavy (non-hydrogen) atoms. The maximum absolute atomic E-state index is 13.5. The first kappa shape index (κ1) is 27.7. The number of aromatic amines is 2. The lowest BCUT2D eigenvalue weighted by molar-refractivity contribution is -0.131. The molecule has 8 nitrogen and oxygen atoms in total. The van der Waals surface area contributed by atoms with E-state index >= 15 is 0 Å². The second-order valence-corrected chi connectivity index (χ2v) is 10.7. The number of nitrogen functional groups attached to an aromatic ring is 1. The average Bonchev–Trinajstić information content (AvgIpc) is 3.46. The molecule has 8 heteroatoms. The third kappa shape index (κ3) is 5.59. The topological polar surface area (TPSA) is 111 Å². The van der Waals surface area contributed by atoms with Crippen molar-refractivity contribution in [2.75, 3.05) is 19.8 Å². The first-order valence-electron chi connectivity index (χ1n) is 13.7. The summed E-state index contributed by atoms with van der Waals surface area (Å²) < 4.78 is 0. The molecule has 0 saturated heterocycles. The highest BCUT2D eigenvalue weighted by Crippen LogP contribution is 2.27. The van der Waals surface area contributed by atoms with Crippen LogP contribution >= 0.6 is 0 Å². The number of nitrogens with zero attached hydrogens (tertiary/aromatic N) is 3. The van der Waals surface area contributed by atoms with Gasteiger partial charge in [0, 0.05) is 78.2 Å². The van der Waals surface area contributed by atoms with Crippen LogP contribution in [-0.4, -0.2) is 50.7 Å². The fourth-order valence-corrected chi connectivity index (χ4v) is 5.41. The second-order valence-electron chi connectivity index (χ2n) is 10.7. The Balaban J connectivity index is 1.28. The van der Waals surface area contributed by atoms with Gasteiger partial charge in [0.1, 0.15) is 5.82 Å². The van der Waals surface area contributed by atoms with Gasteiger partial charge < -0.3 is 25.5 Å². The van der Waals surface area contributed by atoms with E-state index in [1.165, 1.54) is 6.08 Å². The molecule has 1 unspecified atom stereocenters. The van der Waals surface area contributed by atoms with E-state index < -0.39 is 5.92 Å². The number of para-hydroxylation sites is 2. The molecule has 0 saturated carbocycles. The number of benzene rings is 2. The van der Waals surface area contributed by atoms with Gasteiger partial charge in [-0.2, -0.15) is 0 Å². The molecule has 0 bridgehead atoms. The molecule has 0 fully saturated rings. The Kier molecular flexibility index (Phi) is 7.66. The van der Waals surface area contributed by atoms with E-state index in [2.05, 4.69) is 27.1 Å². The number of anilines is 1. The average molecular weight is 549 g/mol. The van der Waals surface area contributed by atoms with E-state index in [9.17, 15) is 9.59 Å². The fourth-order valence-electron chi connectivity index (χ4n) is 5.41. The van der Waals surface area contributed by atoms with Gasteiger partial charge in [0.2, 0.25) is 11.8 Å². The van der Waals surface area contributed by atoms with Gasteiger partial charge in [-0.15, -0.1) is 0 Å². The number of aryl methyl sites for hydroxylation is 2. The molecule has 0 radical (unpaired) electrons. The highest BCUT2D eigenvalue weighted by molar-refractivity contribution is 5.93. The molecule has 2 amide bonds. The summed E-state index contributed by atoms with van der Waals surface area (Å²) in [6, 6.07) is 18.0. The number of carbonyl (C=O) groups excluding carboxylic acids is 2. The minimum Gasteiger partial charge on any atom is -0.383 e. The lowest BCUT2D eigenvalue weighted by Gasteiger charge is -2.23. The van der Waals surface area contributed by atoms with Gasteiger partial charge >= 0.3 is 0 Å². The summed E-state index contributed by atoms with van der Waals surface area (Å²) in [6.45, 7) is 6.84. The van der Waals surface area contributed by atoms with Crippen molar-refractivity contribution >= 4 is 45.5 Å². The summed E-state index contributed by atoms with van der Waals surface area (Å²) in [5.41, 5.74) is 13.9. The summed E-state index contributed by atoms with van der Waals surface area (Å²) >= 11 is 0. The zero-order chi connectivity index (χ0) is 29.3. The second kappa shape index (κ2) is 11.3. The molecule has 0 aliphatic carbocycles. The first-order chi connectivity index (χ1) is 19.6. The molecular formula is C33H36N6O2. The molecule has 3 heterocycles. The molecule has 0 spiro atoms. The number of amides is 2. The quantitative estimate of drug-likeness (QED) is 0.217. The van der Waals surface area contributed by atoms with E-state index in [0.717, 1.165) is 44.3 Å². The maximum atomic E-state index is 13.5. The Labute approximate surface area is 239 Å². The molecule has 1 atom stereocenters. The van der Waals surface area contributed by atoms with Crippen molar-refractivity contribution in [1.82, 2.24) is 24.8 Å². The molecule has 2 aromatic carbocycles. The molecule has 210 valence electrons. The smallest absolute Gasteiger partial charge is 0.246 e. The minimum absolute atomic E-state index is 0.0609. The number of pyridine rings is 1. The Hall–Kier alpha value is -4.85. The van der Waals surface area contributed by atoms with Crippen molar-refractivity contribution in [1.29, 1.82) is 0 Å². The van der Waals surface area contributed by atoms with Crippen molar-refractivity contribution < 1.29 is 9.59 Å². The lowest BCUT2D eigenvalue weighted by Crippen LogP contribution is -2.30. The number of likely N-dealkylation sites (N-methyl/N-ethyl adjacent to an activating group) is 2. The Morgan fingerprint density at radius 3 is 2.02 bits per heavy atom. The van der Waals surface area contributed by atoms with Gasteiger partial charge in [-0.3, -0.25) is 9.59 Å². The van der Waals surface area contributed by atoms with Gasteiger partial charge in [0.25, 0.3) is 0 Å². The largest absolute Gasteiger partial charge is 0.383 e. The summed E-state index contributed by atoms with van der Waals surface area (Å²) in [4.78, 5) is 40.9. The van der Waals surface area contributed by atoms with Gasteiger partial charge in [-0.1, -0.05) is 36.4 Å². The fraction of sp³-hybridized carbons (Fsp3) is 0.242. The van der Waals surface area contributed by atoms with Crippen LogP contribution in [0, 0.1) is 13.8 Å². The molecule has 0 aliphatic rings. The third-order valence-electron chi connectivity index (χ3n) is 7.82. The van der Waals surface area contributed by atoms with Crippen molar-refractivity contribution in [2.45, 2.75) is 39.8 Å². The first-order valence-corrected chi connectivity index (χ1v) is 13.7. The van der Waals surface area contributed by atoms with Crippen LogP contribution in [0.3, 0.4) is 0 Å². The van der Waals surface area contributed by atoms with Gasteiger partial charge in [-0.05, 0) is 61.7 Å². The third-order valence-corrected chi connectivity index (χ3v) is 7.82. The van der Waals surface area contributed by atoms with Crippen LogP contribution < -0.4 is 5.73 Å². The molecule has 5 rings (SSSR count). The van der Waals surface area contributed by atoms with E-state index in [4.69, 9.17) is 5.73 Å². The van der Waals surface area contributed by atoms with Crippen molar-refractivity contribution in [3.8, 4) is 0 Å². The number of nitrogens with two attached hydrogens (primary N) is 1. The minimum atomic E-state index is -0.505. The number of hydrogen-bond acceptors (Lipinski definition) is 4. The zero-order valence-electron chi connectivity index (χ0n) is 24.2. The molecular weight excluding hydrogens is 512 g/mol. The number of H-pyrrole nitrogens is 2. The predicted octanol–water partition coefficient (Wildman–Crippen LogP) is 5.68. The zero-order valence-corrected chi connectivity index (χ0v) is 24.2. The number of rotatable bonds is 8. The SMILES string of the molecule is Cc1[nH]c2ccccc2c1CN(C)C(=O)C=Cc1cnc(N)c(C(C)C(=O)N(C)Cc2c(C)[nH]c3ccccc23)c1. The van der Waals surface area contributed by atoms with E-state index in [1.807, 2.05) is 63.2 Å². The van der Waals surface area contributed by atoms with Crippen molar-refractivity contribution in [3.63, 3.8) is 0 Å². The van der Waals surface area contributed by atoms with Crippen LogP contribution in [0.2, 0.25) is 0 Å². The van der Waals surface area contributed by atoms with Crippen LogP contribution in [0.5, 0.6) is 0 Å². The summed E-state index contributed by atoms with van der Waals surface area (Å²) in [5, 5.41) is 2.23. The van der Waals surface area contributed by atoms with Crippen molar-refractivity contribution in [3.05, 3.63) is 101 Å². The summed E-state index contributed by atoms with van der Waals surface area (Å²) in [7, 11) is 3.59. The lowest BCUT2D eigenvalue weighted by atomic mass is 9.98. The molecule has 3 aromatic heterocycles. The van der Waals surface area contributed by atoms with Gasteiger partial charge in [0.15, 0.2) is 0 Å². The number of fused-ring (bicyclic) bond motifs is 2. The van der Waals surface area contributed by atoms with Crippen LogP contribution in [-0.2, 0) is 22.7 Å². The number of hydrogen-bond donors (Lipinski definition) is 3. The number of aromatic nitrogens is 3.